The molecule has 2 heterocycles. The van der Waals surface area contributed by atoms with Gasteiger partial charge in [-0.1, -0.05) is 24.3 Å². The minimum atomic E-state index is -0.460. The Morgan fingerprint density at radius 3 is 2.46 bits per heavy atom. The van der Waals surface area contributed by atoms with Crippen molar-refractivity contribution in [1.29, 1.82) is 5.41 Å². The molecule has 4 N–H and O–H groups in total. The van der Waals surface area contributed by atoms with Crippen molar-refractivity contribution in [3.8, 4) is 5.69 Å². The van der Waals surface area contributed by atoms with Gasteiger partial charge in [-0.05, 0) is 78.9 Å². The highest BCUT2D eigenvalue weighted by Gasteiger charge is 2.22. The van der Waals surface area contributed by atoms with E-state index in [1.165, 1.54) is 10.7 Å². The first-order valence-electron chi connectivity index (χ1n) is 12.2. The van der Waals surface area contributed by atoms with Crippen LogP contribution in [-0.4, -0.2) is 46.1 Å². The summed E-state index contributed by atoms with van der Waals surface area (Å²) in [6.45, 7) is 3.86. The topological polar surface area (TPSA) is 109 Å². The van der Waals surface area contributed by atoms with E-state index in [9.17, 15) is 9.18 Å². The van der Waals surface area contributed by atoms with Gasteiger partial charge >= 0.3 is 0 Å². The zero-order chi connectivity index (χ0) is 25.9. The molecule has 1 fully saturated rings. The quantitative estimate of drug-likeness (QED) is 0.203. The van der Waals surface area contributed by atoms with Gasteiger partial charge in [0.05, 0.1) is 12.3 Å². The fourth-order valence-electron chi connectivity index (χ4n) is 4.76. The molecule has 0 atom stereocenters. The van der Waals surface area contributed by atoms with Crippen molar-refractivity contribution < 1.29 is 14.0 Å². The summed E-state index contributed by atoms with van der Waals surface area (Å²) in [7, 11) is 0. The number of amidine groups is 1. The second kappa shape index (κ2) is 10.5. The van der Waals surface area contributed by atoms with Crippen molar-refractivity contribution in [2.24, 2.45) is 11.8 Å². The average Bonchev–Trinajstić information content (AvgIpc) is 3.30. The van der Waals surface area contributed by atoms with Gasteiger partial charge in [-0.2, -0.15) is 5.10 Å². The van der Waals surface area contributed by atoms with Crippen LogP contribution in [0.2, 0.25) is 0 Å². The fraction of sp³-hybridized carbons (Fsp3) is 0.250. The summed E-state index contributed by atoms with van der Waals surface area (Å²) in [5.41, 5.74) is 2.38. The third kappa shape index (κ3) is 5.23. The number of benzene rings is 3. The van der Waals surface area contributed by atoms with Gasteiger partial charge in [0.15, 0.2) is 0 Å². The number of rotatable bonds is 6. The van der Waals surface area contributed by atoms with E-state index in [2.05, 4.69) is 10.4 Å². The normalized spacial score (nSPS) is 14.2. The number of fused-ring (bicyclic) bond motifs is 1. The maximum Gasteiger partial charge on any atom is 0.274 e. The Morgan fingerprint density at radius 2 is 1.78 bits per heavy atom. The number of carbonyl (C=O) groups is 1. The van der Waals surface area contributed by atoms with Gasteiger partial charge in [0.25, 0.3) is 5.91 Å². The van der Waals surface area contributed by atoms with E-state index >= 15 is 0 Å². The van der Waals surface area contributed by atoms with Crippen molar-refractivity contribution in [3.05, 3.63) is 89.5 Å². The van der Waals surface area contributed by atoms with Crippen LogP contribution in [-0.2, 0) is 4.84 Å². The molecule has 0 saturated carbocycles. The SMILES string of the molecule is Cc1cc(C(=O)Nc2ccc(C(=N)N3CCC(CON)CC3)cc2)n(-c2cc3ccccc3cc2F)n1. The monoisotopic (exact) mass is 500 g/mol. The smallest absolute Gasteiger partial charge is 0.274 e. The number of carbonyl (C=O) groups excluding carboxylic acids is 1. The third-order valence-electron chi connectivity index (χ3n) is 6.79. The Labute approximate surface area is 214 Å². The number of aromatic nitrogens is 2. The summed E-state index contributed by atoms with van der Waals surface area (Å²) < 4.78 is 16.3. The number of aryl methyl sites for hydroxylation is 1. The molecule has 0 spiro atoms. The Hall–Kier alpha value is -4.08. The number of halogens is 1. The van der Waals surface area contributed by atoms with Crippen LogP contribution >= 0.6 is 0 Å². The standard InChI is InChI=1S/C28H29FN6O2/c1-18-14-26(35(33-18)25-16-22-5-3-2-4-21(22)15-24(25)29)28(36)32-23-8-6-20(7-9-23)27(30)34-12-10-19(11-13-34)17-37-31/h2-9,14-16,19,30H,10-13,17,31H2,1H3,(H,32,36). The lowest BCUT2D eigenvalue weighted by Gasteiger charge is -2.33. The second-order valence-electron chi connectivity index (χ2n) is 9.38. The molecule has 1 aliphatic rings. The van der Waals surface area contributed by atoms with Gasteiger partial charge < -0.3 is 15.1 Å². The number of piperidine rings is 1. The maximum atomic E-state index is 15.0. The molecule has 8 nitrogen and oxygen atoms in total. The molecule has 1 saturated heterocycles. The lowest BCUT2D eigenvalue weighted by Crippen LogP contribution is -2.39. The number of anilines is 1. The van der Waals surface area contributed by atoms with E-state index in [1.54, 1.807) is 31.2 Å². The largest absolute Gasteiger partial charge is 0.357 e. The molecular formula is C28H29FN6O2. The van der Waals surface area contributed by atoms with Crippen LogP contribution in [0.25, 0.3) is 16.5 Å². The first-order valence-corrected chi connectivity index (χ1v) is 12.2. The number of nitrogens with zero attached hydrogens (tertiary/aromatic N) is 3. The number of hydrogen-bond acceptors (Lipinski definition) is 5. The lowest BCUT2D eigenvalue weighted by molar-refractivity contribution is 0.0790. The Morgan fingerprint density at radius 1 is 1.11 bits per heavy atom. The fourth-order valence-corrected chi connectivity index (χ4v) is 4.76. The second-order valence-corrected chi connectivity index (χ2v) is 9.38. The van der Waals surface area contributed by atoms with Crippen LogP contribution in [0.3, 0.4) is 0 Å². The molecule has 37 heavy (non-hydrogen) atoms. The summed E-state index contributed by atoms with van der Waals surface area (Å²) in [5.74, 6) is 5.20. The molecule has 190 valence electrons. The highest BCUT2D eigenvalue weighted by atomic mass is 19.1. The van der Waals surface area contributed by atoms with Crippen LogP contribution in [0.1, 0.15) is 34.6 Å². The lowest BCUT2D eigenvalue weighted by atomic mass is 9.97. The highest BCUT2D eigenvalue weighted by molar-refractivity contribution is 6.04. The molecule has 3 aromatic carbocycles. The van der Waals surface area contributed by atoms with Crippen LogP contribution in [0.15, 0.2) is 66.7 Å². The molecule has 9 heteroatoms. The first kappa shape index (κ1) is 24.6. The number of nitrogens with one attached hydrogen (secondary N) is 2. The summed E-state index contributed by atoms with van der Waals surface area (Å²) in [5, 5.41) is 17.5. The molecule has 1 amide bonds. The van der Waals surface area contributed by atoms with Crippen molar-refractivity contribution in [2.45, 2.75) is 19.8 Å². The summed E-state index contributed by atoms with van der Waals surface area (Å²) >= 11 is 0. The van der Waals surface area contributed by atoms with Crippen LogP contribution in [0, 0.1) is 24.1 Å². The van der Waals surface area contributed by atoms with Crippen molar-refractivity contribution in [2.75, 3.05) is 25.0 Å². The summed E-state index contributed by atoms with van der Waals surface area (Å²) in [4.78, 5) is 20.0. The Bertz CT molecular complexity index is 1440. The molecule has 0 bridgehead atoms. The van der Waals surface area contributed by atoms with Crippen molar-refractivity contribution in [3.63, 3.8) is 0 Å². The van der Waals surface area contributed by atoms with Crippen LogP contribution in [0.4, 0.5) is 10.1 Å². The highest BCUT2D eigenvalue weighted by Crippen LogP contribution is 2.24. The zero-order valence-electron chi connectivity index (χ0n) is 20.6. The predicted octanol–water partition coefficient (Wildman–Crippen LogP) is 4.65. The van der Waals surface area contributed by atoms with Gasteiger partial charge in [-0.15, -0.1) is 0 Å². The summed E-state index contributed by atoms with van der Waals surface area (Å²) in [6, 6.07) is 19.4. The van der Waals surface area contributed by atoms with Gasteiger partial charge in [0, 0.05) is 24.3 Å². The minimum Gasteiger partial charge on any atom is -0.357 e. The van der Waals surface area contributed by atoms with Crippen molar-refractivity contribution >= 4 is 28.2 Å². The van der Waals surface area contributed by atoms with E-state index in [1.807, 2.05) is 41.3 Å². The molecule has 0 radical (unpaired) electrons. The van der Waals surface area contributed by atoms with E-state index < -0.39 is 11.7 Å². The number of hydrogen-bond donors (Lipinski definition) is 3. The molecule has 0 aliphatic carbocycles. The average molecular weight is 501 g/mol. The first-order chi connectivity index (χ1) is 17.9. The zero-order valence-corrected chi connectivity index (χ0v) is 20.6. The van der Waals surface area contributed by atoms with Gasteiger partial charge in [-0.3, -0.25) is 10.2 Å². The van der Waals surface area contributed by atoms with E-state index in [0.29, 0.717) is 29.7 Å². The van der Waals surface area contributed by atoms with Gasteiger partial charge in [-0.25, -0.2) is 15.0 Å². The molecule has 0 unspecified atom stereocenters. The third-order valence-corrected chi connectivity index (χ3v) is 6.79. The number of nitrogens with two attached hydrogens (primary N) is 1. The molecule has 1 aliphatic heterocycles. The Balaban J connectivity index is 1.31. The van der Waals surface area contributed by atoms with E-state index in [4.69, 9.17) is 16.1 Å². The molecular weight excluding hydrogens is 471 g/mol. The molecule has 5 rings (SSSR count). The predicted molar refractivity (Wildman–Crippen MR) is 141 cm³/mol. The minimum absolute atomic E-state index is 0.211. The molecule has 4 aromatic rings. The van der Waals surface area contributed by atoms with Crippen LogP contribution < -0.4 is 11.2 Å². The number of likely N-dealkylation sites (tertiary alicyclic amines) is 1. The van der Waals surface area contributed by atoms with Gasteiger partial charge in [0.1, 0.15) is 23.0 Å². The molecule has 1 aromatic heterocycles. The van der Waals surface area contributed by atoms with E-state index in [-0.39, 0.29) is 11.4 Å². The number of amides is 1. The van der Waals surface area contributed by atoms with Gasteiger partial charge in [0.2, 0.25) is 0 Å². The summed E-state index contributed by atoms with van der Waals surface area (Å²) in [6.07, 6.45) is 1.86. The van der Waals surface area contributed by atoms with Crippen molar-refractivity contribution in [1.82, 2.24) is 14.7 Å². The van der Waals surface area contributed by atoms with Crippen LogP contribution in [0.5, 0.6) is 0 Å². The Kier molecular flexibility index (Phi) is 6.98. The van der Waals surface area contributed by atoms with E-state index in [0.717, 1.165) is 42.3 Å². The maximum absolute atomic E-state index is 15.0.